The molecule has 2 rings (SSSR count). The summed E-state index contributed by atoms with van der Waals surface area (Å²) in [5.74, 6) is 1.03. The van der Waals surface area contributed by atoms with Crippen LogP contribution in [0.1, 0.15) is 5.56 Å². The Morgan fingerprint density at radius 1 is 1.36 bits per heavy atom. The topological polar surface area (TPSA) is 27.1 Å². The lowest BCUT2D eigenvalue weighted by Gasteiger charge is -2.16. The van der Waals surface area contributed by atoms with Gasteiger partial charge in [0.25, 0.3) is 0 Å². The molecule has 0 unspecified atom stereocenters. The highest BCUT2D eigenvalue weighted by atomic mass is 35.5. The molecule has 4 heteroatoms. The molecule has 1 fully saturated rings. The summed E-state index contributed by atoms with van der Waals surface area (Å²) in [6, 6.07) is 7.81. The van der Waals surface area contributed by atoms with Crippen LogP contribution in [0.15, 0.2) is 24.3 Å². The van der Waals surface area contributed by atoms with Gasteiger partial charge < -0.3 is 4.90 Å². The second-order valence-electron chi connectivity index (χ2n) is 3.20. The summed E-state index contributed by atoms with van der Waals surface area (Å²) in [4.78, 5) is 2.08. The van der Waals surface area contributed by atoms with Crippen LogP contribution in [-0.4, -0.2) is 22.4 Å². The van der Waals surface area contributed by atoms with E-state index in [1.807, 2.05) is 24.3 Å². The fourth-order valence-electron chi connectivity index (χ4n) is 1.41. The van der Waals surface area contributed by atoms with Crippen LogP contribution in [0.25, 0.3) is 0 Å². The number of nitrogens with zero attached hydrogens (tertiary/aromatic N) is 1. The Hall–Kier alpha value is -0.670. The Morgan fingerprint density at radius 3 is 2.64 bits per heavy atom. The molecule has 1 heterocycles. The van der Waals surface area contributed by atoms with E-state index in [9.17, 15) is 0 Å². The molecule has 1 aromatic carbocycles. The Kier molecular flexibility index (Phi) is 2.99. The van der Waals surface area contributed by atoms with E-state index in [4.69, 9.17) is 17.0 Å². The standard InChI is InChI=1S/C10H11ClN2S/c11-9-3-1-8(2-4-9)7-13-5-6-14-10(13)12/h1-4,12H,5-7H2. The van der Waals surface area contributed by atoms with Gasteiger partial charge in [-0.25, -0.2) is 0 Å². The molecule has 1 N–H and O–H groups in total. The monoisotopic (exact) mass is 226 g/mol. The van der Waals surface area contributed by atoms with E-state index in [0.717, 1.165) is 23.9 Å². The van der Waals surface area contributed by atoms with Gasteiger partial charge in [0.1, 0.15) is 0 Å². The molecular formula is C10H11ClN2S. The molecule has 0 spiro atoms. The fraction of sp³-hybridized carbons (Fsp3) is 0.300. The second-order valence-corrected chi connectivity index (χ2v) is 4.72. The van der Waals surface area contributed by atoms with Crippen molar-refractivity contribution in [2.75, 3.05) is 12.3 Å². The highest BCUT2D eigenvalue weighted by Crippen LogP contribution is 2.19. The van der Waals surface area contributed by atoms with Crippen LogP contribution in [0, 0.1) is 5.41 Å². The molecule has 0 aromatic heterocycles. The zero-order valence-electron chi connectivity index (χ0n) is 7.66. The average Bonchev–Trinajstić information content (AvgIpc) is 2.56. The Labute approximate surface area is 92.8 Å². The molecule has 0 bridgehead atoms. The number of benzene rings is 1. The molecule has 74 valence electrons. The van der Waals surface area contributed by atoms with Gasteiger partial charge in [0, 0.05) is 23.9 Å². The third kappa shape index (κ3) is 2.22. The maximum Gasteiger partial charge on any atom is 0.156 e. The van der Waals surface area contributed by atoms with Crippen molar-refractivity contribution in [2.24, 2.45) is 0 Å². The number of amidine groups is 1. The minimum atomic E-state index is 0.681. The van der Waals surface area contributed by atoms with Crippen molar-refractivity contribution in [3.05, 3.63) is 34.9 Å². The summed E-state index contributed by atoms with van der Waals surface area (Å²) in [5.41, 5.74) is 1.21. The Morgan fingerprint density at radius 2 is 2.07 bits per heavy atom. The van der Waals surface area contributed by atoms with E-state index in [-0.39, 0.29) is 0 Å². The number of halogens is 1. The predicted molar refractivity (Wildman–Crippen MR) is 62.0 cm³/mol. The summed E-state index contributed by atoms with van der Waals surface area (Å²) in [5, 5.41) is 9.10. The van der Waals surface area contributed by atoms with Crippen molar-refractivity contribution in [1.29, 1.82) is 5.41 Å². The fourth-order valence-corrected chi connectivity index (χ4v) is 2.38. The van der Waals surface area contributed by atoms with Crippen LogP contribution in [0.2, 0.25) is 5.02 Å². The summed E-state index contributed by atoms with van der Waals surface area (Å²) < 4.78 is 0. The minimum Gasteiger partial charge on any atom is -0.347 e. The lowest BCUT2D eigenvalue weighted by molar-refractivity contribution is 0.455. The zero-order valence-corrected chi connectivity index (χ0v) is 9.24. The highest BCUT2D eigenvalue weighted by Gasteiger charge is 2.17. The van der Waals surface area contributed by atoms with Crippen molar-refractivity contribution < 1.29 is 0 Å². The molecule has 0 aliphatic carbocycles. The van der Waals surface area contributed by atoms with Crippen LogP contribution >= 0.6 is 23.4 Å². The normalized spacial score (nSPS) is 16.4. The van der Waals surface area contributed by atoms with E-state index in [1.54, 1.807) is 11.8 Å². The number of nitrogens with one attached hydrogen (secondary N) is 1. The smallest absolute Gasteiger partial charge is 0.156 e. The van der Waals surface area contributed by atoms with Crippen LogP contribution in [0.5, 0.6) is 0 Å². The summed E-state index contributed by atoms with van der Waals surface area (Å²) >= 11 is 7.41. The highest BCUT2D eigenvalue weighted by molar-refractivity contribution is 8.14. The van der Waals surface area contributed by atoms with Gasteiger partial charge in [0.2, 0.25) is 0 Å². The summed E-state index contributed by atoms with van der Waals surface area (Å²) in [6.45, 7) is 1.80. The lowest BCUT2D eigenvalue weighted by Crippen LogP contribution is -2.22. The zero-order chi connectivity index (χ0) is 9.97. The molecule has 1 aromatic rings. The molecule has 14 heavy (non-hydrogen) atoms. The number of hydrogen-bond donors (Lipinski definition) is 1. The molecule has 1 aliphatic rings. The van der Waals surface area contributed by atoms with Gasteiger partial charge in [0.15, 0.2) is 5.17 Å². The van der Waals surface area contributed by atoms with Crippen molar-refractivity contribution >= 4 is 28.5 Å². The van der Waals surface area contributed by atoms with Crippen LogP contribution in [-0.2, 0) is 6.54 Å². The van der Waals surface area contributed by atoms with Crippen molar-refractivity contribution in [3.8, 4) is 0 Å². The molecule has 1 aliphatic heterocycles. The van der Waals surface area contributed by atoms with Gasteiger partial charge in [-0.1, -0.05) is 35.5 Å². The molecule has 1 saturated heterocycles. The molecule has 0 atom stereocenters. The first-order valence-corrected chi connectivity index (χ1v) is 5.83. The lowest BCUT2D eigenvalue weighted by atomic mass is 10.2. The van der Waals surface area contributed by atoms with Gasteiger partial charge in [-0.05, 0) is 17.7 Å². The largest absolute Gasteiger partial charge is 0.347 e. The van der Waals surface area contributed by atoms with E-state index in [0.29, 0.717) is 5.17 Å². The molecule has 2 nitrogen and oxygen atoms in total. The van der Waals surface area contributed by atoms with Gasteiger partial charge in [-0.15, -0.1) is 0 Å². The average molecular weight is 227 g/mol. The third-order valence-electron chi connectivity index (χ3n) is 2.17. The Balaban J connectivity index is 2.03. The van der Waals surface area contributed by atoms with Crippen molar-refractivity contribution in [2.45, 2.75) is 6.54 Å². The second kappa shape index (κ2) is 4.24. The first-order valence-electron chi connectivity index (χ1n) is 4.46. The number of hydrogen-bond acceptors (Lipinski definition) is 2. The summed E-state index contributed by atoms with van der Waals surface area (Å²) in [7, 11) is 0. The predicted octanol–water partition coefficient (Wildman–Crippen LogP) is 2.82. The van der Waals surface area contributed by atoms with Crippen LogP contribution in [0.4, 0.5) is 0 Å². The number of rotatable bonds is 2. The molecule has 0 saturated carbocycles. The van der Waals surface area contributed by atoms with Gasteiger partial charge in [-0.2, -0.15) is 0 Å². The first-order chi connectivity index (χ1) is 6.75. The minimum absolute atomic E-state index is 0.681. The Bertz CT molecular complexity index is 336. The maximum absolute atomic E-state index is 7.66. The van der Waals surface area contributed by atoms with E-state index in [1.165, 1.54) is 5.56 Å². The van der Waals surface area contributed by atoms with Crippen LogP contribution in [0.3, 0.4) is 0 Å². The third-order valence-corrected chi connectivity index (χ3v) is 3.34. The van der Waals surface area contributed by atoms with Gasteiger partial charge >= 0.3 is 0 Å². The quantitative estimate of drug-likeness (QED) is 0.840. The van der Waals surface area contributed by atoms with E-state index >= 15 is 0 Å². The molecule has 0 amide bonds. The summed E-state index contributed by atoms with van der Waals surface area (Å²) in [6.07, 6.45) is 0. The molecular weight excluding hydrogens is 216 g/mol. The first kappa shape index (κ1) is 9.87. The van der Waals surface area contributed by atoms with Gasteiger partial charge in [0.05, 0.1) is 0 Å². The van der Waals surface area contributed by atoms with Gasteiger partial charge in [-0.3, -0.25) is 5.41 Å². The SMILES string of the molecule is N=C1SCCN1Cc1ccc(Cl)cc1. The van der Waals surface area contributed by atoms with Crippen LogP contribution < -0.4 is 0 Å². The maximum atomic E-state index is 7.66. The van der Waals surface area contributed by atoms with E-state index in [2.05, 4.69) is 4.90 Å². The van der Waals surface area contributed by atoms with Crippen molar-refractivity contribution in [3.63, 3.8) is 0 Å². The van der Waals surface area contributed by atoms with E-state index < -0.39 is 0 Å². The van der Waals surface area contributed by atoms with Crippen molar-refractivity contribution in [1.82, 2.24) is 4.90 Å². The molecule has 0 radical (unpaired) electrons. The number of thioether (sulfide) groups is 1.